The summed E-state index contributed by atoms with van der Waals surface area (Å²) in [5.74, 6) is 0.309. The van der Waals surface area contributed by atoms with Crippen molar-refractivity contribution in [3.63, 3.8) is 0 Å². The van der Waals surface area contributed by atoms with Gasteiger partial charge in [0.25, 0.3) is 0 Å². The summed E-state index contributed by atoms with van der Waals surface area (Å²) >= 11 is 0. The predicted octanol–water partition coefficient (Wildman–Crippen LogP) is 3.64. The molecule has 0 radical (unpaired) electrons. The first kappa shape index (κ1) is 18.1. The van der Waals surface area contributed by atoms with Gasteiger partial charge in [-0.1, -0.05) is 32.1 Å². The molecule has 6 heteroatoms. The third-order valence-electron chi connectivity index (χ3n) is 4.11. The molecule has 2 heterocycles. The number of carbonyl (C=O) groups is 1. The van der Waals surface area contributed by atoms with Crippen molar-refractivity contribution in [2.45, 2.75) is 32.3 Å². The Labute approximate surface area is 152 Å². The molecule has 0 aliphatic carbocycles. The summed E-state index contributed by atoms with van der Waals surface area (Å²) in [4.78, 5) is 19.8. The number of aromatic carboxylic acids is 1. The zero-order chi connectivity index (χ0) is 18.5. The highest BCUT2D eigenvalue weighted by Gasteiger charge is 2.17. The molecular weight excluding hydrogens is 332 g/mol. The van der Waals surface area contributed by atoms with Crippen molar-refractivity contribution in [1.82, 2.24) is 9.97 Å². The summed E-state index contributed by atoms with van der Waals surface area (Å²) in [7, 11) is 0. The molecule has 1 N–H and O–H groups in total. The zero-order valence-electron chi connectivity index (χ0n) is 14.9. The van der Waals surface area contributed by atoms with Gasteiger partial charge in [0.2, 0.25) is 0 Å². The third-order valence-corrected chi connectivity index (χ3v) is 4.11. The minimum atomic E-state index is -1.01. The molecule has 0 bridgehead atoms. The van der Waals surface area contributed by atoms with Crippen LogP contribution in [0.25, 0.3) is 12.2 Å². The van der Waals surface area contributed by atoms with Gasteiger partial charge in [-0.2, -0.15) is 0 Å². The van der Waals surface area contributed by atoms with Gasteiger partial charge in [0.05, 0.1) is 24.5 Å². The molecule has 1 unspecified atom stereocenters. The zero-order valence-corrected chi connectivity index (χ0v) is 14.9. The van der Waals surface area contributed by atoms with Crippen LogP contribution in [0, 0.1) is 0 Å². The van der Waals surface area contributed by atoms with Gasteiger partial charge in [-0.3, -0.25) is 0 Å². The van der Waals surface area contributed by atoms with E-state index in [1.165, 1.54) is 6.20 Å². The fraction of sp³-hybridized carbons (Fsp3) is 0.350. The van der Waals surface area contributed by atoms with E-state index in [0.717, 1.165) is 24.3 Å². The number of aromatic nitrogens is 2. The standard InChI is InChI=1S/C20H22N2O4/c1-13(2)19-17(20(23)24)11-21-18(22-19)8-5-14-3-6-15(7-4-14)26-16-9-10-25-12-16/h3-8,11,13,16H,9-10,12H2,1-2H3,(H,23,24). The van der Waals surface area contributed by atoms with Crippen LogP contribution in [0.2, 0.25) is 0 Å². The van der Waals surface area contributed by atoms with E-state index in [1.54, 1.807) is 6.08 Å². The molecule has 1 aromatic heterocycles. The Bertz CT molecular complexity index is 794. The van der Waals surface area contributed by atoms with Crippen LogP contribution in [0.4, 0.5) is 0 Å². The van der Waals surface area contributed by atoms with Gasteiger partial charge >= 0.3 is 5.97 Å². The van der Waals surface area contributed by atoms with E-state index in [1.807, 2.05) is 44.2 Å². The number of rotatable bonds is 6. The van der Waals surface area contributed by atoms with Crippen molar-refractivity contribution < 1.29 is 19.4 Å². The van der Waals surface area contributed by atoms with Crippen molar-refractivity contribution >= 4 is 18.1 Å². The average Bonchev–Trinajstić information content (AvgIpc) is 3.13. The van der Waals surface area contributed by atoms with Gasteiger partial charge in [0, 0.05) is 12.6 Å². The summed E-state index contributed by atoms with van der Waals surface area (Å²) < 4.78 is 11.1. The summed E-state index contributed by atoms with van der Waals surface area (Å²) in [6.07, 6.45) is 6.08. The Hall–Kier alpha value is -2.73. The minimum Gasteiger partial charge on any atom is -0.488 e. The van der Waals surface area contributed by atoms with Crippen LogP contribution in [0.15, 0.2) is 30.5 Å². The minimum absolute atomic E-state index is 0.00671. The quantitative estimate of drug-likeness (QED) is 0.853. The highest BCUT2D eigenvalue weighted by atomic mass is 16.5. The van der Waals surface area contributed by atoms with Crippen LogP contribution in [0.5, 0.6) is 5.75 Å². The molecule has 26 heavy (non-hydrogen) atoms. The van der Waals surface area contributed by atoms with Gasteiger partial charge in [0.15, 0.2) is 5.82 Å². The van der Waals surface area contributed by atoms with Crippen LogP contribution in [-0.2, 0) is 4.74 Å². The molecule has 3 rings (SSSR count). The SMILES string of the molecule is CC(C)c1nc(C=Cc2ccc(OC3CCOC3)cc2)ncc1C(=O)O. The Balaban J connectivity index is 1.71. The largest absolute Gasteiger partial charge is 0.488 e. The van der Waals surface area contributed by atoms with Gasteiger partial charge in [-0.05, 0) is 29.7 Å². The lowest BCUT2D eigenvalue weighted by Gasteiger charge is -2.11. The van der Waals surface area contributed by atoms with Crippen LogP contribution >= 0.6 is 0 Å². The molecule has 136 valence electrons. The molecule has 0 saturated carbocycles. The molecular formula is C20H22N2O4. The Morgan fingerprint density at radius 1 is 1.31 bits per heavy atom. The van der Waals surface area contributed by atoms with Crippen molar-refractivity contribution in [3.8, 4) is 5.75 Å². The van der Waals surface area contributed by atoms with Crippen LogP contribution in [-0.4, -0.2) is 40.4 Å². The molecule has 0 amide bonds. The summed E-state index contributed by atoms with van der Waals surface area (Å²) in [6.45, 7) is 5.22. The normalized spacial score (nSPS) is 17.1. The first-order chi connectivity index (χ1) is 12.5. The lowest BCUT2D eigenvalue weighted by atomic mass is 10.1. The first-order valence-electron chi connectivity index (χ1n) is 8.65. The second-order valence-corrected chi connectivity index (χ2v) is 6.49. The maximum absolute atomic E-state index is 11.3. The van der Waals surface area contributed by atoms with Crippen LogP contribution in [0.1, 0.15) is 53.6 Å². The highest BCUT2D eigenvalue weighted by molar-refractivity contribution is 5.88. The smallest absolute Gasteiger partial charge is 0.339 e. The van der Waals surface area contributed by atoms with E-state index in [2.05, 4.69) is 9.97 Å². The molecule has 1 saturated heterocycles. The highest BCUT2D eigenvalue weighted by Crippen LogP contribution is 2.20. The number of nitrogens with zero attached hydrogens (tertiary/aromatic N) is 2. The van der Waals surface area contributed by atoms with Gasteiger partial charge in [-0.25, -0.2) is 14.8 Å². The van der Waals surface area contributed by atoms with E-state index in [9.17, 15) is 9.90 Å². The molecule has 0 spiro atoms. The van der Waals surface area contributed by atoms with Crippen molar-refractivity contribution in [2.24, 2.45) is 0 Å². The van der Waals surface area contributed by atoms with E-state index in [-0.39, 0.29) is 17.6 Å². The van der Waals surface area contributed by atoms with E-state index < -0.39 is 5.97 Å². The molecule has 2 aromatic rings. The summed E-state index contributed by atoms with van der Waals surface area (Å²) in [6, 6.07) is 7.76. The predicted molar refractivity (Wildman–Crippen MR) is 98.3 cm³/mol. The average molecular weight is 354 g/mol. The first-order valence-corrected chi connectivity index (χ1v) is 8.65. The molecule has 1 aromatic carbocycles. The fourth-order valence-corrected chi connectivity index (χ4v) is 2.72. The number of hydrogen-bond donors (Lipinski definition) is 1. The van der Waals surface area contributed by atoms with Gasteiger partial charge in [0.1, 0.15) is 11.9 Å². The Morgan fingerprint density at radius 3 is 2.69 bits per heavy atom. The number of carboxylic acid groups (broad SMARTS) is 1. The number of ether oxygens (including phenoxy) is 2. The number of hydrogen-bond acceptors (Lipinski definition) is 5. The monoisotopic (exact) mass is 354 g/mol. The molecule has 1 aliphatic heterocycles. The topological polar surface area (TPSA) is 81.5 Å². The number of benzene rings is 1. The van der Waals surface area contributed by atoms with Crippen LogP contribution < -0.4 is 4.74 Å². The van der Waals surface area contributed by atoms with Crippen LogP contribution in [0.3, 0.4) is 0 Å². The van der Waals surface area contributed by atoms with Crippen molar-refractivity contribution in [2.75, 3.05) is 13.2 Å². The van der Waals surface area contributed by atoms with E-state index in [0.29, 0.717) is 18.1 Å². The van der Waals surface area contributed by atoms with Crippen molar-refractivity contribution in [3.05, 3.63) is 53.1 Å². The lowest BCUT2D eigenvalue weighted by molar-refractivity contribution is 0.0694. The molecule has 6 nitrogen and oxygen atoms in total. The molecule has 1 atom stereocenters. The fourth-order valence-electron chi connectivity index (χ4n) is 2.72. The second-order valence-electron chi connectivity index (χ2n) is 6.49. The Morgan fingerprint density at radius 2 is 2.08 bits per heavy atom. The van der Waals surface area contributed by atoms with E-state index in [4.69, 9.17) is 9.47 Å². The molecule has 1 fully saturated rings. The maximum Gasteiger partial charge on any atom is 0.339 e. The lowest BCUT2D eigenvalue weighted by Crippen LogP contribution is -2.15. The van der Waals surface area contributed by atoms with Crippen molar-refractivity contribution in [1.29, 1.82) is 0 Å². The Kier molecular flexibility index (Phi) is 5.63. The van der Waals surface area contributed by atoms with Gasteiger partial charge in [-0.15, -0.1) is 0 Å². The second kappa shape index (κ2) is 8.10. The maximum atomic E-state index is 11.3. The third kappa shape index (κ3) is 4.46. The summed E-state index contributed by atoms with van der Waals surface area (Å²) in [5, 5.41) is 9.22. The van der Waals surface area contributed by atoms with Gasteiger partial charge < -0.3 is 14.6 Å². The number of carboxylic acids is 1. The summed E-state index contributed by atoms with van der Waals surface area (Å²) in [5.41, 5.74) is 1.67. The molecule has 1 aliphatic rings. The van der Waals surface area contributed by atoms with E-state index >= 15 is 0 Å².